The summed E-state index contributed by atoms with van der Waals surface area (Å²) in [6.45, 7) is 1.84. The first-order valence-corrected chi connectivity index (χ1v) is 8.08. The van der Waals surface area contributed by atoms with Gasteiger partial charge in [-0.1, -0.05) is 0 Å². The van der Waals surface area contributed by atoms with Crippen LogP contribution in [0.3, 0.4) is 0 Å². The molecule has 1 atom stereocenters. The van der Waals surface area contributed by atoms with Crippen molar-refractivity contribution in [3.8, 4) is 11.4 Å². The van der Waals surface area contributed by atoms with Crippen molar-refractivity contribution in [2.24, 2.45) is 0 Å². The number of aliphatic hydroxyl groups excluding tert-OH is 1. The molecule has 0 bridgehead atoms. The Balaban J connectivity index is 1.88. The molecule has 0 spiro atoms. The highest BCUT2D eigenvalue weighted by molar-refractivity contribution is 5.59. The van der Waals surface area contributed by atoms with Gasteiger partial charge in [0.2, 0.25) is 0 Å². The molecule has 0 saturated carbocycles. The van der Waals surface area contributed by atoms with Gasteiger partial charge in [0.05, 0.1) is 17.2 Å². The van der Waals surface area contributed by atoms with Crippen LogP contribution in [0.5, 0.6) is 0 Å². The van der Waals surface area contributed by atoms with Gasteiger partial charge in [-0.2, -0.15) is 0 Å². The SMILES string of the molecule is Cc1cc(NC(CCO)c2ccco2)nc(-c2ccc([N+](=O)[O-])cc2)n1. The highest BCUT2D eigenvalue weighted by Gasteiger charge is 2.16. The molecule has 0 fully saturated rings. The molecule has 0 aliphatic carbocycles. The molecular weight excluding hydrogens is 336 g/mol. The van der Waals surface area contributed by atoms with E-state index in [-0.39, 0.29) is 18.3 Å². The second-order valence-corrected chi connectivity index (χ2v) is 5.75. The van der Waals surface area contributed by atoms with E-state index in [1.807, 2.05) is 13.0 Å². The van der Waals surface area contributed by atoms with E-state index in [1.165, 1.54) is 12.1 Å². The second kappa shape index (κ2) is 7.75. The Hall–Kier alpha value is -3.26. The van der Waals surface area contributed by atoms with Crippen molar-refractivity contribution in [1.82, 2.24) is 9.97 Å². The number of hydrogen-bond acceptors (Lipinski definition) is 7. The standard InChI is InChI=1S/C18H18N4O4/c1-12-11-17(20-15(8-9-23)16-3-2-10-26-16)21-18(19-12)13-4-6-14(7-5-13)22(24)25/h2-7,10-11,15,23H,8-9H2,1H3,(H,19,20,21). The first-order chi connectivity index (χ1) is 12.6. The van der Waals surface area contributed by atoms with Crippen molar-refractivity contribution in [1.29, 1.82) is 0 Å². The number of rotatable bonds is 7. The third kappa shape index (κ3) is 4.04. The predicted octanol–water partition coefficient (Wildman–Crippen LogP) is 3.49. The molecule has 8 heteroatoms. The van der Waals surface area contributed by atoms with E-state index in [0.29, 0.717) is 29.4 Å². The van der Waals surface area contributed by atoms with E-state index >= 15 is 0 Å². The van der Waals surface area contributed by atoms with Gasteiger partial charge in [0.15, 0.2) is 5.82 Å². The van der Waals surface area contributed by atoms with E-state index in [4.69, 9.17) is 4.42 Å². The van der Waals surface area contributed by atoms with Crippen molar-refractivity contribution >= 4 is 11.5 Å². The molecule has 134 valence electrons. The number of aryl methyl sites for hydroxylation is 1. The van der Waals surface area contributed by atoms with Gasteiger partial charge in [-0.15, -0.1) is 0 Å². The van der Waals surface area contributed by atoms with Gasteiger partial charge >= 0.3 is 0 Å². The zero-order valence-electron chi connectivity index (χ0n) is 14.1. The molecule has 2 heterocycles. The zero-order valence-corrected chi connectivity index (χ0v) is 14.1. The Labute approximate surface area is 149 Å². The summed E-state index contributed by atoms with van der Waals surface area (Å²) < 4.78 is 5.42. The lowest BCUT2D eigenvalue weighted by atomic mass is 10.1. The predicted molar refractivity (Wildman–Crippen MR) is 95.6 cm³/mol. The largest absolute Gasteiger partial charge is 0.467 e. The summed E-state index contributed by atoms with van der Waals surface area (Å²) in [5.74, 6) is 1.75. The minimum Gasteiger partial charge on any atom is -0.467 e. The van der Waals surface area contributed by atoms with E-state index in [9.17, 15) is 15.2 Å². The summed E-state index contributed by atoms with van der Waals surface area (Å²) in [5, 5.41) is 23.3. The van der Waals surface area contributed by atoms with Crippen LogP contribution in [0.1, 0.15) is 23.9 Å². The number of hydrogen-bond donors (Lipinski definition) is 2. The van der Waals surface area contributed by atoms with Gasteiger partial charge in [-0.05, 0) is 37.6 Å². The Morgan fingerprint density at radius 2 is 2.04 bits per heavy atom. The van der Waals surface area contributed by atoms with Crippen molar-refractivity contribution in [2.75, 3.05) is 11.9 Å². The highest BCUT2D eigenvalue weighted by atomic mass is 16.6. The van der Waals surface area contributed by atoms with Gasteiger partial charge in [0, 0.05) is 36.1 Å². The summed E-state index contributed by atoms with van der Waals surface area (Å²) in [7, 11) is 0. The average Bonchev–Trinajstić information content (AvgIpc) is 3.15. The molecular formula is C18H18N4O4. The third-order valence-corrected chi connectivity index (χ3v) is 3.82. The topological polar surface area (TPSA) is 114 Å². The van der Waals surface area contributed by atoms with Crippen molar-refractivity contribution < 1.29 is 14.4 Å². The lowest BCUT2D eigenvalue weighted by molar-refractivity contribution is -0.384. The number of nitrogens with zero attached hydrogens (tertiary/aromatic N) is 3. The molecule has 0 saturated heterocycles. The number of nitro groups is 1. The minimum atomic E-state index is -0.448. The van der Waals surface area contributed by atoms with Gasteiger partial charge in [0.1, 0.15) is 11.6 Å². The molecule has 2 aromatic heterocycles. The molecule has 3 aromatic rings. The second-order valence-electron chi connectivity index (χ2n) is 5.75. The number of aromatic nitrogens is 2. The fraction of sp³-hybridized carbons (Fsp3) is 0.222. The van der Waals surface area contributed by atoms with E-state index < -0.39 is 4.92 Å². The monoisotopic (exact) mass is 354 g/mol. The Morgan fingerprint density at radius 3 is 2.65 bits per heavy atom. The van der Waals surface area contributed by atoms with Crippen LogP contribution in [0, 0.1) is 17.0 Å². The van der Waals surface area contributed by atoms with Crippen LogP contribution in [-0.4, -0.2) is 26.6 Å². The molecule has 0 amide bonds. The minimum absolute atomic E-state index is 0.00234. The van der Waals surface area contributed by atoms with Crippen LogP contribution in [-0.2, 0) is 0 Å². The van der Waals surface area contributed by atoms with Crippen LogP contribution in [0.4, 0.5) is 11.5 Å². The fourth-order valence-corrected chi connectivity index (χ4v) is 2.59. The van der Waals surface area contributed by atoms with Crippen LogP contribution in [0.2, 0.25) is 0 Å². The molecule has 26 heavy (non-hydrogen) atoms. The summed E-state index contributed by atoms with van der Waals surface area (Å²) in [5.41, 5.74) is 1.44. The fourth-order valence-electron chi connectivity index (χ4n) is 2.59. The zero-order chi connectivity index (χ0) is 18.5. The third-order valence-electron chi connectivity index (χ3n) is 3.82. The van der Waals surface area contributed by atoms with Gasteiger partial charge in [-0.25, -0.2) is 9.97 Å². The Kier molecular flexibility index (Phi) is 5.23. The molecule has 0 aliphatic heterocycles. The van der Waals surface area contributed by atoms with Crippen molar-refractivity contribution in [3.05, 3.63) is 70.3 Å². The maximum Gasteiger partial charge on any atom is 0.269 e. The molecule has 2 N–H and O–H groups in total. The number of nitro benzene ring substituents is 1. The quantitative estimate of drug-likeness (QED) is 0.493. The highest BCUT2D eigenvalue weighted by Crippen LogP contribution is 2.25. The van der Waals surface area contributed by atoms with Crippen LogP contribution >= 0.6 is 0 Å². The van der Waals surface area contributed by atoms with Gasteiger partial charge in [-0.3, -0.25) is 10.1 Å². The van der Waals surface area contributed by atoms with E-state index in [1.54, 1.807) is 30.5 Å². The molecule has 0 aliphatic rings. The Morgan fingerprint density at radius 1 is 1.27 bits per heavy atom. The first-order valence-electron chi connectivity index (χ1n) is 8.08. The smallest absolute Gasteiger partial charge is 0.269 e. The normalized spacial score (nSPS) is 11.9. The number of furan rings is 1. The lowest BCUT2D eigenvalue weighted by Gasteiger charge is -2.17. The van der Waals surface area contributed by atoms with Crippen LogP contribution in [0.15, 0.2) is 53.1 Å². The molecule has 8 nitrogen and oxygen atoms in total. The molecule has 1 aromatic carbocycles. The molecule has 3 rings (SSSR count). The number of anilines is 1. The van der Waals surface area contributed by atoms with Gasteiger partial charge < -0.3 is 14.8 Å². The average molecular weight is 354 g/mol. The van der Waals surface area contributed by atoms with Gasteiger partial charge in [0.25, 0.3) is 5.69 Å². The summed E-state index contributed by atoms with van der Waals surface area (Å²) in [6.07, 6.45) is 2.04. The molecule has 0 radical (unpaired) electrons. The number of aliphatic hydroxyl groups is 1. The summed E-state index contributed by atoms with van der Waals surface area (Å²) in [6, 6.07) is 11.3. The first kappa shape index (κ1) is 17.6. The van der Waals surface area contributed by atoms with E-state index in [2.05, 4.69) is 15.3 Å². The van der Waals surface area contributed by atoms with Crippen molar-refractivity contribution in [2.45, 2.75) is 19.4 Å². The summed E-state index contributed by atoms with van der Waals surface area (Å²) >= 11 is 0. The summed E-state index contributed by atoms with van der Waals surface area (Å²) in [4.78, 5) is 19.2. The number of nitrogens with one attached hydrogen (secondary N) is 1. The Bertz CT molecular complexity index is 879. The van der Waals surface area contributed by atoms with Crippen LogP contribution in [0.25, 0.3) is 11.4 Å². The van der Waals surface area contributed by atoms with E-state index in [0.717, 1.165) is 5.69 Å². The lowest BCUT2D eigenvalue weighted by Crippen LogP contribution is -2.13. The van der Waals surface area contributed by atoms with Crippen LogP contribution < -0.4 is 5.32 Å². The molecule has 1 unspecified atom stereocenters. The number of benzene rings is 1. The maximum atomic E-state index is 10.8. The van der Waals surface area contributed by atoms with Crippen molar-refractivity contribution in [3.63, 3.8) is 0 Å². The maximum absolute atomic E-state index is 10.8. The number of non-ortho nitro benzene ring substituents is 1.